The van der Waals surface area contributed by atoms with Gasteiger partial charge in [-0.05, 0) is 33.7 Å². The van der Waals surface area contributed by atoms with E-state index < -0.39 is 0 Å². The van der Waals surface area contributed by atoms with Gasteiger partial charge in [-0.15, -0.1) is 0 Å². The van der Waals surface area contributed by atoms with Crippen LogP contribution in [0, 0.1) is 0 Å². The van der Waals surface area contributed by atoms with Crippen LogP contribution < -0.4 is 5.73 Å². The third kappa shape index (κ3) is 3.16. The minimum atomic E-state index is 0.185. The van der Waals surface area contributed by atoms with Crippen LogP contribution in [0.1, 0.15) is 46.0 Å². The molecule has 4 heteroatoms. The number of guanidine groups is 1. The molecule has 0 amide bonds. The Balaban J connectivity index is 1.96. The summed E-state index contributed by atoms with van der Waals surface area (Å²) < 4.78 is 0. The topological polar surface area (TPSA) is 44.9 Å². The Labute approximate surface area is 111 Å². The van der Waals surface area contributed by atoms with Gasteiger partial charge in [0.1, 0.15) is 0 Å². The molecule has 1 saturated heterocycles. The van der Waals surface area contributed by atoms with Crippen LogP contribution in [-0.2, 0) is 0 Å². The molecule has 104 valence electrons. The quantitative estimate of drug-likeness (QED) is 0.570. The maximum absolute atomic E-state index is 6.20. The van der Waals surface area contributed by atoms with E-state index >= 15 is 0 Å². The molecular formula is C14H28N4. The minimum absolute atomic E-state index is 0.185. The van der Waals surface area contributed by atoms with Crippen LogP contribution in [0.15, 0.2) is 4.99 Å². The third-order valence-corrected chi connectivity index (χ3v) is 4.53. The van der Waals surface area contributed by atoms with E-state index in [-0.39, 0.29) is 5.54 Å². The Morgan fingerprint density at radius 1 is 1.17 bits per heavy atom. The highest BCUT2D eigenvalue weighted by Crippen LogP contribution is 2.22. The highest BCUT2D eigenvalue weighted by atomic mass is 15.3. The minimum Gasteiger partial charge on any atom is -0.370 e. The van der Waals surface area contributed by atoms with Crippen molar-refractivity contribution < 1.29 is 0 Å². The van der Waals surface area contributed by atoms with E-state index in [9.17, 15) is 0 Å². The summed E-state index contributed by atoms with van der Waals surface area (Å²) >= 11 is 0. The van der Waals surface area contributed by atoms with Gasteiger partial charge in [-0.1, -0.05) is 19.3 Å². The molecule has 0 aromatic carbocycles. The van der Waals surface area contributed by atoms with Crippen molar-refractivity contribution in [3.63, 3.8) is 0 Å². The highest BCUT2D eigenvalue weighted by molar-refractivity contribution is 5.78. The van der Waals surface area contributed by atoms with Crippen LogP contribution in [0.3, 0.4) is 0 Å². The summed E-state index contributed by atoms with van der Waals surface area (Å²) in [5.41, 5.74) is 6.39. The van der Waals surface area contributed by atoms with Gasteiger partial charge in [0.15, 0.2) is 5.96 Å². The van der Waals surface area contributed by atoms with Crippen molar-refractivity contribution in [2.75, 3.05) is 26.7 Å². The molecule has 1 aliphatic heterocycles. The van der Waals surface area contributed by atoms with Gasteiger partial charge in [0.05, 0.1) is 6.04 Å². The van der Waals surface area contributed by atoms with Gasteiger partial charge in [-0.2, -0.15) is 0 Å². The lowest BCUT2D eigenvalue weighted by Crippen LogP contribution is -2.60. The average molecular weight is 252 g/mol. The van der Waals surface area contributed by atoms with Crippen molar-refractivity contribution in [3.8, 4) is 0 Å². The van der Waals surface area contributed by atoms with Crippen LogP contribution in [0.4, 0.5) is 0 Å². The number of likely N-dealkylation sites (N-methyl/N-ethyl adjacent to an activating group) is 1. The number of aliphatic imine (C=N–C) groups is 1. The lowest BCUT2D eigenvalue weighted by atomic mass is 9.96. The third-order valence-electron chi connectivity index (χ3n) is 4.53. The molecule has 1 saturated carbocycles. The van der Waals surface area contributed by atoms with Crippen molar-refractivity contribution in [1.29, 1.82) is 0 Å². The molecule has 0 spiro atoms. The van der Waals surface area contributed by atoms with Crippen molar-refractivity contribution in [1.82, 2.24) is 9.80 Å². The number of nitrogens with zero attached hydrogens (tertiary/aromatic N) is 3. The molecule has 2 aliphatic rings. The fourth-order valence-electron chi connectivity index (χ4n) is 2.91. The van der Waals surface area contributed by atoms with Crippen molar-refractivity contribution in [2.45, 2.75) is 57.5 Å². The lowest BCUT2D eigenvalue weighted by Gasteiger charge is -2.45. The number of piperazine rings is 1. The summed E-state index contributed by atoms with van der Waals surface area (Å²) in [6, 6.07) is 0.474. The first kappa shape index (κ1) is 13.7. The monoisotopic (exact) mass is 252 g/mol. The van der Waals surface area contributed by atoms with Gasteiger partial charge < -0.3 is 10.6 Å². The van der Waals surface area contributed by atoms with Gasteiger partial charge in [0, 0.05) is 25.2 Å². The summed E-state index contributed by atoms with van der Waals surface area (Å²) in [6.07, 6.45) is 6.44. The predicted octanol–water partition coefficient (Wildman–Crippen LogP) is 1.66. The first-order valence-electron chi connectivity index (χ1n) is 7.28. The van der Waals surface area contributed by atoms with Crippen molar-refractivity contribution in [3.05, 3.63) is 0 Å². The smallest absolute Gasteiger partial charge is 0.191 e. The Morgan fingerprint density at radius 2 is 1.83 bits per heavy atom. The molecule has 0 radical (unpaired) electrons. The highest BCUT2D eigenvalue weighted by Gasteiger charge is 2.32. The zero-order valence-electron chi connectivity index (χ0n) is 12.2. The Kier molecular flexibility index (Phi) is 4.15. The molecule has 1 aliphatic carbocycles. The molecule has 0 atom stereocenters. The van der Waals surface area contributed by atoms with Crippen LogP contribution >= 0.6 is 0 Å². The van der Waals surface area contributed by atoms with Crippen molar-refractivity contribution in [2.24, 2.45) is 10.7 Å². The van der Waals surface area contributed by atoms with Gasteiger partial charge in [-0.3, -0.25) is 4.90 Å². The Bertz CT molecular complexity index is 305. The van der Waals surface area contributed by atoms with E-state index in [1.807, 2.05) is 0 Å². The second-order valence-electron chi connectivity index (χ2n) is 6.43. The van der Waals surface area contributed by atoms with Crippen molar-refractivity contribution >= 4 is 5.96 Å². The van der Waals surface area contributed by atoms with E-state index in [1.165, 1.54) is 32.1 Å². The molecule has 2 N–H and O–H groups in total. The largest absolute Gasteiger partial charge is 0.370 e. The van der Waals surface area contributed by atoms with Gasteiger partial charge in [-0.25, -0.2) is 4.99 Å². The zero-order valence-corrected chi connectivity index (χ0v) is 12.2. The molecule has 2 fully saturated rings. The second-order valence-corrected chi connectivity index (χ2v) is 6.43. The summed E-state index contributed by atoms with van der Waals surface area (Å²) in [5, 5.41) is 0. The first-order chi connectivity index (χ1) is 8.49. The molecule has 0 aromatic rings. The van der Waals surface area contributed by atoms with E-state index in [2.05, 4.69) is 30.7 Å². The maximum atomic E-state index is 6.20. The SMILES string of the molecule is CN1CCN(C(N)=NC2CCCCC2)CC1(C)C. The van der Waals surface area contributed by atoms with Gasteiger partial charge >= 0.3 is 0 Å². The molecule has 0 aromatic heterocycles. The number of rotatable bonds is 1. The fourth-order valence-corrected chi connectivity index (χ4v) is 2.91. The number of hydrogen-bond acceptors (Lipinski definition) is 2. The zero-order chi connectivity index (χ0) is 13.2. The summed E-state index contributed by atoms with van der Waals surface area (Å²) in [5.74, 6) is 0.767. The number of nitrogens with two attached hydrogens (primary N) is 1. The molecule has 4 nitrogen and oxygen atoms in total. The summed E-state index contributed by atoms with van der Waals surface area (Å²) in [4.78, 5) is 9.41. The van der Waals surface area contributed by atoms with E-state index in [1.54, 1.807) is 0 Å². The predicted molar refractivity (Wildman–Crippen MR) is 76.8 cm³/mol. The Morgan fingerprint density at radius 3 is 2.44 bits per heavy atom. The van der Waals surface area contributed by atoms with Crippen LogP contribution in [0.2, 0.25) is 0 Å². The molecule has 1 heterocycles. The van der Waals surface area contributed by atoms with Gasteiger partial charge in [0.2, 0.25) is 0 Å². The molecule has 0 unspecified atom stereocenters. The summed E-state index contributed by atoms with van der Waals surface area (Å²) in [7, 11) is 2.19. The fraction of sp³-hybridized carbons (Fsp3) is 0.929. The van der Waals surface area contributed by atoms with E-state index in [0.717, 1.165) is 25.6 Å². The molecule has 2 rings (SSSR count). The van der Waals surface area contributed by atoms with E-state index in [4.69, 9.17) is 10.7 Å². The van der Waals surface area contributed by atoms with Crippen LogP contribution in [-0.4, -0.2) is 54.0 Å². The van der Waals surface area contributed by atoms with Crippen LogP contribution in [0.5, 0.6) is 0 Å². The second kappa shape index (κ2) is 5.47. The average Bonchev–Trinajstić information content (AvgIpc) is 2.34. The number of hydrogen-bond donors (Lipinski definition) is 1. The normalized spacial score (nSPS) is 27.5. The maximum Gasteiger partial charge on any atom is 0.191 e. The molecule has 0 bridgehead atoms. The standard InChI is InChI=1S/C14H28N4/c1-14(2)11-18(10-9-17(14)3)13(15)16-12-7-5-4-6-8-12/h12H,4-11H2,1-3H3,(H2,15,16). The molecular weight excluding hydrogens is 224 g/mol. The first-order valence-corrected chi connectivity index (χ1v) is 7.28. The Hall–Kier alpha value is -0.770. The van der Waals surface area contributed by atoms with Crippen LogP contribution in [0.25, 0.3) is 0 Å². The lowest BCUT2D eigenvalue weighted by molar-refractivity contribution is 0.0735. The molecule has 18 heavy (non-hydrogen) atoms. The summed E-state index contributed by atoms with van der Waals surface area (Å²) in [6.45, 7) is 7.58. The van der Waals surface area contributed by atoms with E-state index in [0.29, 0.717) is 6.04 Å². The van der Waals surface area contributed by atoms with Gasteiger partial charge in [0.25, 0.3) is 0 Å².